The number of halogens is 2. The van der Waals surface area contributed by atoms with Gasteiger partial charge in [-0.3, -0.25) is 19.7 Å². The zero-order chi connectivity index (χ0) is 27.2. The molecule has 5 amide bonds. The number of nitrogens with one attached hydrogen (secondary N) is 2. The number of nitrogens with zero attached hydrogens (tertiary/aromatic N) is 1. The number of carbonyl (C=O) groups excluding carboxylic acids is 4. The van der Waals surface area contributed by atoms with E-state index in [0.29, 0.717) is 10.6 Å². The average Bonchev–Trinajstić information content (AvgIpc) is 2.87. The van der Waals surface area contributed by atoms with Gasteiger partial charge in [-0.1, -0.05) is 35.9 Å². The van der Waals surface area contributed by atoms with E-state index >= 15 is 0 Å². The van der Waals surface area contributed by atoms with Crippen molar-refractivity contribution in [3.05, 3.63) is 88.7 Å². The number of imide groups is 2. The number of amides is 5. The molecule has 38 heavy (non-hydrogen) atoms. The Bertz CT molecular complexity index is 1460. The lowest BCUT2D eigenvalue weighted by Crippen LogP contribution is -2.54. The first-order chi connectivity index (χ1) is 18.3. The van der Waals surface area contributed by atoms with Crippen molar-refractivity contribution in [3.63, 3.8) is 0 Å². The van der Waals surface area contributed by atoms with Gasteiger partial charge in [0.15, 0.2) is 18.1 Å². The molecule has 0 saturated carbocycles. The van der Waals surface area contributed by atoms with E-state index in [1.807, 2.05) is 0 Å². The van der Waals surface area contributed by atoms with Crippen LogP contribution in [0.5, 0.6) is 11.5 Å². The third-order valence-electron chi connectivity index (χ3n) is 5.25. The van der Waals surface area contributed by atoms with Gasteiger partial charge in [-0.15, -0.1) is 0 Å². The summed E-state index contributed by atoms with van der Waals surface area (Å²) in [6.07, 6.45) is 1.30. The first-order valence-electron chi connectivity index (χ1n) is 11.4. The number of urea groups is 1. The maximum atomic E-state index is 13.8. The molecule has 3 aromatic rings. The number of barbiturate groups is 1. The Balaban J connectivity index is 1.54. The van der Waals surface area contributed by atoms with Crippen molar-refractivity contribution in [1.29, 1.82) is 0 Å². The number of hydrogen-bond acceptors (Lipinski definition) is 6. The van der Waals surface area contributed by atoms with E-state index in [-0.39, 0.29) is 35.1 Å². The second kappa shape index (κ2) is 11.6. The van der Waals surface area contributed by atoms with Crippen LogP contribution in [0, 0.1) is 5.82 Å². The lowest BCUT2D eigenvalue weighted by atomic mass is 10.1. The van der Waals surface area contributed by atoms with Gasteiger partial charge in [0.05, 0.1) is 18.0 Å². The van der Waals surface area contributed by atoms with Crippen LogP contribution in [0.3, 0.4) is 0 Å². The van der Waals surface area contributed by atoms with E-state index in [9.17, 15) is 23.6 Å². The summed E-state index contributed by atoms with van der Waals surface area (Å²) in [5.41, 5.74) is 0.333. The van der Waals surface area contributed by atoms with Crippen molar-refractivity contribution < 1.29 is 33.0 Å². The van der Waals surface area contributed by atoms with Crippen LogP contribution in [-0.4, -0.2) is 37.0 Å². The summed E-state index contributed by atoms with van der Waals surface area (Å²) in [6, 6.07) is 15.5. The lowest BCUT2D eigenvalue weighted by molar-refractivity contribution is -0.122. The van der Waals surface area contributed by atoms with Crippen molar-refractivity contribution in [2.45, 2.75) is 6.92 Å². The number of ether oxygens (including phenoxy) is 2. The molecule has 2 N–H and O–H groups in total. The van der Waals surface area contributed by atoms with Gasteiger partial charge in [0.25, 0.3) is 17.7 Å². The first kappa shape index (κ1) is 26.4. The van der Waals surface area contributed by atoms with Crippen molar-refractivity contribution in [2.75, 3.05) is 23.4 Å². The monoisotopic (exact) mass is 537 g/mol. The summed E-state index contributed by atoms with van der Waals surface area (Å²) in [5.74, 6) is -2.39. The highest BCUT2D eigenvalue weighted by Crippen LogP contribution is 2.31. The molecular formula is C27H21ClFN3O6. The Hall–Kier alpha value is -4.70. The third-order valence-corrected chi connectivity index (χ3v) is 5.49. The molecule has 4 rings (SSSR count). The van der Waals surface area contributed by atoms with Gasteiger partial charge < -0.3 is 14.8 Å². The van der Waals surface area contributed by atoms with Gasteiger partial charge in [-0.2, -0.15) is 0 Å². The number of rotatable bonds is 8. The zero-order valence-corrected chi connectivity index (χ0v) is 20.8. The van der Waals surface area contributed by atoms with E-state index in [2.05, 4.69) is 10.6 Å². The van der Waals surface area contributed by atoms with Crippen LogP contribution < -0.4 is 25.0 Å². The fraction of sp³-hybridized carbons (Fsp3) is 0.111. The smallest absolute Gasteiger partial charge is 0.335 e. The van der Waals surface area contributed by atoms with E-state index in [4.69, 9.17) is 21.1 Å². The molecule has 11 heteroatoms. The molecule has 0 unspecified atom stereocenters. The maximum absolute atomic E-state index is 13.8. The average molecular weight is 538 g/mol. The number of carbonyl (C=O) groups is 4. The third kappa shape index (κ3) is 5.98. The second-order valence-electron chi connectivity index (χ2n) is 7.89. The minimum atomic E-state index is -0.896. The Morgan fingerprint density at radius 2 is 1.82 bits per heavy atom. The molecule has 194 valence electrons. The Morgan fingerprint density at radius 1 is 1.03 bits per heavy atom. The van der Waals surface area contributed by atoms with E-state index in [1.165, 1.54) is 48.5 Å². The molecule has 1 aliphatic rings. The largest absolute Gasteiger partial charge is 0.490 e. The molecule has 0 atom stereocenters. The van der Waals surface area contributed by atoms with Gasteiger partial charge in [-0.05, 0) is 61.0 Å². The quantitative estimate of drug-likeness (QED) is 0.321. The highest BCUT2D eigenvalue weighted by molar-refractivity contribution is 6.39. The van der Waals surface area contributed by atoms with Crippen LogP contribution in [-0.2, 0) is 14.4 Å². The molecule has 0 spiro atoms. The van der Waals surface area contributed by atoms with Gasteiger partial charge in [-0.25, -0.2) is 14.1 Å². The molecule has 1 aliphatic heterocycles. The van der Waals surface area contributed by atoms with E-state index in [1.54, 1.807) is 31.2 Å². The molecular weight excluding hydrogens is 517 g/mol. The number of anilines is 2. The van der Waals surface area contributed by atoms with Gasteiger partial charge in [0, 0.05) is 5.02 Å². The fourth-order valence-corrected chi connectivity index (χ4v) is 3.75. The molecule has 0 bridgehead atoms. The minimum Gasteiger partial charge on any atom is -0.490 e. The normalized spacial score (nSPS) is 14.3. The van der Waals surface area contributed by atoms with Crippen molar-refractivity contribution in [3.8, 4) is 11.5 Å². The van der Waals surface area contributed by atoms with Crippen LogP contribution in [0.15, 0.2) is 72.3 Å². The summed E-state index contributed by atoms with van der Waals surface area (Å²) in [5, 5.41) is 4.88. The number of para-hydroxylation sites is 1. The molecule has 9 nitrogen and oxygen atoms in total. The number of benzene rings is 3. The highest BCUT2D eigenvalue weighted by Gasteiger charge is 2.36. The Labute approximate surface area is 221 Å². The minimum absolute atomic E-state index is 0.0221. The molecule has 3 aromatic carbocycles. The fourth-order valence-electron chi connectivity index (χ4n) is 3.57. The molecule has 1 saturated heterocycles. The summed E-state index contributed by atoms with van der Waals surface area (Å²) in [4.78, 5) is 51.0. The maximum Gasteiger partial charge on any atom is 0.335 e. The Kier molecular flexibility index (Phi) is 8.03. The standard InChI is InChI=1S/C27H21ClFN3O6/c1-2-37-23-13-16(10-11-22(23)38-15-24(33)30-21-9-4-3-8-20(21)29)12-19-25(34)31-27(36)32(26(19)35)18-7-5-6-17(28)14-18/h3-14H,2,15H2,1H3,(H,30,33)(H,31,34,36)/b19-12+. The molecule has 0 aliphatic carbocycles. The van der Waals surface area contributed by atoms with Crippen LogP contribution in [0.4, 0.5) is 20.6 Å². The summed E-state index contributed by atoms with van der Waals surface area (Å²) >= 11 is 5.99. The van der Waals surface area contributed by atoms with E-state index in [0.717, 1.165) is 4.90 Å². The van der Waals surface area contributed by atoms with Crippen molar-refractivity contribution in [1.82, 2.24) is 5.32 Å². The van der Waals surface area contributed by atoms with Gasteiger partial charge >= 0.3 is 6.03 Å². The second-order valence-corrected chi connectivity index (χ2v) is 8.33. The molecule has 0 radical (unpaired) electrons. The first-order valence-corrected chi connectivity index (χ1v) is 11.8. The zero-order valence-electron chi connectivity index (χ0n) is 20.0. The highest BCUT2D eigenvalue weighted by atomic mass is 35.5. The molecule has 1 fully saturated rings. The van der Waals surface area contributed by atoms with Crippen LogP contribution >= 0.6 is 11.6 Å². The molecule has 0 aromatic heterocycles. The van der Waals surface area contributed by atoms with Crippen molar-refractivity contribution in [2.24, 2.45) is 0 Å². The number of hydrogen-bond donors (Lipinski definition) is 2. The summed E-state index contributed by atoms with van der Waals surface area (Å²) in [6.45, 7) is 1.58. The predicted octanol–water partition coefficient (Wildman–Crippen LogP) is 4.56. The van der Waals surface area contributed by atoms with Gasteiger partial charge in [0.1, 0.15) is 11.4 Å². The topological polar surface area (TPSA) is 114 Å². The summed E-state index contributed by atoms with van der Waals surface area (Å²) < 4.78 is 24.9. The predicted molar refractivity (Wildman–Crippen MR) is 139 cm³/mol. The van der Waals surface area contributed by atoms with E-state index < -0.39 is 36.2 Å². The van der Waals surface area contributed by atoms with Crippen LogP contribution in [0.25, 0.3) is 6.08 Å². The van der Waals surface area contributed by atoms with Crippen LogP contribution in [0.2, 0.25) is 5.02 Å². The molecule has 1 heterocycles. The van der Waals surface area contributed by atoms with Crippen molar-refractivity contribution >= 4 is 52.8 Å². The van der Waals surface area contributed by atoms with Crippen LogP contribution in [0.1, 0.15) is 12.5 Å². The Morgan fingerprint density at radius 3 is 2.55 bits per heavy atom. The lowest BCUT2D eigenvalue weighted by Gasteiger charge is -2.26. The summed E-state index contributed by atoms with van der Waals surface area (Å²) in [7, 11) is 0. The van der Waals surface area contributed by atoms with Gasteiger partial charge in [0.2, 0.25) is 0 Å². The SMILES string of the molecule is CCOc1cc(/C=C2\C(=O)NC(=O)N(c3cccc(Cl)c3)C2=O)ccc1OCC(=O)Nc1ccccc1F.